The molecule has 4 nitrogen and oxygen atoms in total. The molecule has 1 atom stereocenters. The molecule has 0 radical (unpaired) electrons. The van der Waals surface area contributed by atoms with E-state index in [1.54, 1.807) is 18.6 Å². The predicted molar refractivity (Wildman–Crippen MR) is 56.4 cm³/mol. The minimum absolute atomic E-state index is 0.00704. The molecular formula is C11H13N3O. The van der Waals surface area contributed by atoms with Crippen LogP contribution in [0.5, 0.6) is 0 Å². The van der Waals surface area contributed by atoms with Crippen LogP contribution in [0.1, 0.15) is 23.1 Å². The van der Waals surface area contributed by atoms with E-state index in [1.807, 2.05) is 19.1 Å². The normalized spacial score (nSPS) is 12.7. The summed E-state index contributed by atoms with van der Waals surface area (Å²) in [5, 5.41) is 0. The summed E-state index contributed by atoms with van der Waals surface area (Å²) in [6, 6.07) is 3.86. The highest BCUT2D eigenvalue weighted by molar-refractivity contribution is 5.20. The van der Waals surface area contributed by atoms with E-state index in [0.29, 0.717) is 6.54 Å². The zero-order chi connectivity index (χ0) is 10.7. The van der Waals surface area contributed by atoms with Crippen molar-refractivity contribution in [1.82, 2.24) is 9.97 Å². The van der Waals surface area contributed by atoms with Gasteiger partial charge in [-0.25, -0.2) is 0 Å². The van der Waals surface area contributed by atoms with E-state index < -0.39 is 0 Å². The van der Waals surface area contributed by atoms with Crippen molar-refractivity contribution in [2.24, 2.45) is 5.73 Å². The third kappa shape index (κ3) is 2.05. The van der Waals surface area contributed by atoms with Gasteiger partial charge in [-0.1, -0.05) is 0 Å². The molecule has 1 unspecified atom stereocenters. The molecule has 0 aliphatic heterocycles. The summed E-state index contributed by atoms with van der Waals surface area (Å²) in [6.45, 7) is 2.37. The Morgan fingerprint density at radius 3 is 2.80 bits per heavy atom. The van der Waals surface area contributed by atoms with Gasteiger partial charge in [-0.15, -0.1) is 0 Å². The number of hydrogen-bond acceptors (Lipinski definition) is 4. The van der Waals surface area contributed by atoms with Crippen LogP contribution in [-0.2, 0) is 0 Å². The van der Waals surface area contributed by atoms with E-state index in [1.165, 1.54) is 0 Å². The Bertz CT molecular complexity index is 424. The van der Waals surface area contributed by atoms with Gasteiger partial charge in [0.1, 0.15) is 11.5 Å². The van der Waals surface area contributed by atoms with Gasteiger partial charge in [0, 0.05) is 25.1 Å². The molecule has 0 aliphatic carbocycles. The first-order valence-corrected chi connectivity index (χ1v) is 4.83. The molecule has 0 aromatic carbocycles. The van der Waals surface area contributed by atoms with Gasteiger partial charge in [0.25, 0.3) is 0 Å². The van der Waals surface area contributed by atoms with E-state index in [0.717, 1.165) is 17.2 Å². The molecule has 0 saturated carbocycles. The maximum Gasteiger partial charge on any atom is 0.114 e. The Hall–Kier alpha value is -1.68. The molecule has 2 N–H and O–H groups in total. The van der Waals surface area contributed by atoms with E-state index in [9.17, 15) is 0 Å². The fourth-order valence-corrected chi connectivity index (χ4v) is 1.51. The van der Waals surface area contributed by atoms with Crippen LogP contribution in [0, 0.1) is 6.92 Å². The van der Waals surface area contributed by atoms with E-state index >= 15 is 0 Å². The Balaban J connectivity index is 2.33. The first-order valence-electron chi connectivity index (χ1n) is 4.83. The molecule has 2 aromatic rings. The van der Waals surface area contributed by atoms with Crippen molar-refractivity contribution in [3.05, 3.63) is 47.9 Å². The molecule has 0 saturated heterocycles. The van der Waals surface area contributed by atoms with Gasteiger partial charge in [0.2, 0.25) is 0 Å². The minimum atomic E-state index is -0.00704. The molecule has 4 heteroatoms. The van der Waals surface area contributed by atoms with Gasteiger partial charge in [-0.2, -0.15) is 0 Å². The number of nitrogens with zero attached hydrogens (tertiary/aromatic N) is 2. The molecular weight excluding hydrogens is 190 g/mol. The number of aromatic nitrogens is 2. The summed E-state index contributed by atoms with van der Waals surface area (Å²) in [7, 11) is 0. The minimum Gasteiger partial charge on any atom is -0.466 e. The van der Waals surface area contributed by atoms with Crippen LogP contribution in [0.4, 0.5) is 0 Å². The first-order chi connectivity index (χ1) is 7.31. The number of hydrogen-bond donors (Lipinski definition) is 1. The highest BCUT2D eigenvalue weighted by atomic mass is 16.3. The van der Waals surface area contributed by atoms with Crippen molar-refractivity contribution in [1.29, 1.82) is 0 Å². The molecule has 0 amide bonds. The van der Waals surface area contributed by atoms with Gasteiger partial charge in [0.05, 0.1) is 11.6 Å². The molecule has 2 heterocycles. The third-order valence-electron chi connectivity index (χ3n) is 2.28. The van der Waals surface area contributed by atoms with Gasteiger partial charge < -0.3 is 10.2 Å². The van der Waals surface area contributed by atoms with E-state index in [-0.39, 0.29) is 5.92 Å². The lowest BCUT2D eigenvalue weighted by Gasteiger charge is -2.10. The van der Waals surface area contributed by atoms with E-state index in [2.05, 4.69) is 9.97 Å². The average Bonchev–Trinajstić information content (AvgIpc) is 2.68. The molecule has 0 spiro atoms. The lowest BCUT2D eigenvalue weighted by molar-refractivity contribution is 0.461. The number of aryl methyl sites for hydroxylation is 1. The summed E-state index contributed by atoms with van der Waals surface area (Å²) >= 11 is 0. The molecule has 0 aliphatic rings. The van der Waals surface area contributed by atoms with Crippen molar-refractivity contribution in [2.75, 3.05) is 6.54 Å². The summed E-state index contributed by atoms with van der Waals surface area (Å²) in [4.78, 5) is 8.26. The zero-order valence-corrected chi connectivity index (χ0v) is 8.55. The second-order valence-electron chi connectivity index (χ2n) is 3.37. The highest BCUT2D eigenvalue weighted by Gasteiger charge is 2.17. The second-order valence-corrected chi connectivity index (χ2v) is 3.37. The topological polar surface area (TPSA) is 64.9 Å². The van der Waals surface area contributed by atoms with Gasteiger partial charge in [-0.3, -0.25) is 9.97 Å². The molecule has 2 aromatic heterocycles. The lowest BCUT2D eigenvalue weighted by Crippen LogP contribution is -2.14. The maximum atomic E-state index is 5.72. The van der Waals surface area contributed by atoms with Crippen molar-refractivity contribution in [3.8, 4) is 0 Å². The highest BCUT2D eigenvalue weighted by Crippen LogP contribution is 2.22. The van der Waals surface area contributed by atoms with Crippen molar-refractivity contribution in [3.63, 3.8) is 0 Å². The molecule has 2 rings (SSSR count). The van der Waals surface area contributed by atoms with Crippen molar-refractivity contribution in [2.45, 2.75) is 12.8 Å². The number of furan rings is 1. The summed E-state index contributed by atoms with van der Waals surface area (Å²) in [6.07, 6.45) is 5.02. The zero-order valence-electron chi connectivity index (χ0n) is 8.55. The van der Waals surface area contributed by atoms with Crippen LogP contribution in [0.2, 0.25) is 0 Å². The molecule has 0 bridgehead atoms. The standard InChI is InChI=1S/C11H13N3O/c1-8-2-3-11(15-8)9(6-12)10-7-13-4-5-14-10/h2-5,7,9H,6,12H2,1H3. The SMILES string of the molecule is Cc1ccc(C(CN)c2cnccn2)o1. The van der Waals surface area contributed by atoms with Crippen LogP contribution in [-0.4, -0.2) is 16.5 Å². The third-order valence-corrected chi connectivity index (χ3v) is 2.28. The smallest absolute Gasteiger partial charge is 0.114 e. The van der Waals surface area contributed by atoms with Crippen LogP contribution >= 0.6 is 0 Å². The fourth-order valence-electron chi connectivity index (χ4n) is 1.51. The second kappa shape index (κ2) is 4.23. The summed E-state index contributed by atoms with van der Waals surface area (Å²) in [5.74, 6) is 1.72. The molecule has 15 heavy (non-hydrogen) atoms. The maximum absolute atomic E-state index is 5.72. The largest absolute Gasteiger partial charge is 0.466 e. The molecule has 78 valence electrons. The van der Waals surface area contributed by atoms with Crippen molar-refractivity contribution < 1.29 is 4.42 Å². The monoisotopic (exact) mass is 203 g/mol. The van der Waals surface area contributed by atoms with Crippen molar-refractivity contribution >= 4 is 0 Å². The lowest BCUT2D eigenvalue weighted by atomic mass is 10.0. The summed E-state index contributed by atoms with van der Waals surface area (Å²) < 4.78 is 5.54. The van der Waals surface area contributed by atoms with Crippen LogP contribution in [0.25, 0.3) is 0 Å². The van der Waals surface area contributed by atoms with Crippen LogP contribution < -0.4 is 5.73 Å². The van der Waals surface area contributed by atoms with Crippen LogP contribution in [0.15, 0.2) is 35.1 Å². The Labute approximate surface area is 88.2 Å². The van der Waals surface area contributed by atoms with Gasteiger partial charge >= 0.3 is 0 Å². The quantitative estimate of drug-likeness (QED) is 0.820. The fraction of sp³-hybridized carbons (Fsp3) is 0.273. The van der Waals surface area contributed by atoms with E-state index in [4.69, 9.17) is 10.2 Å². The van der Waals surface area contributed by atoms with Crippen LogP contribution in [0.3, 0.4) is 0 Å². The number of rotatable bonds is 3. The van der Waals surface area contributed by atoms with Gasteiger partial charge in [-0.05, 0) is 19.1 Å². The predicted octanol–water partition coefficient (Wildman–Crippen LogP) is 1.47. The Morgan fingerprint density at radius 2 is 2.27 bits per heavy atom. The summed E-state index contributed by atoms with van der Waals surface area (Å²) in [5.41, 5.74) is 6.56. The Morgan fingerprint density at radius 1 is 1.40 bits per heavy atom. The molecule has 0 fully saturated rings. The van der Waals surface area contributed by atoms with Gasteiger partial charge in [0.15, 0.2) is 0 Å². The number of nitrogens with two attached hydrogens (primary N) is 1. The average molecular weight is 203 g/mol. The Kier molecular flexibility index (Phi) is 2.78. The first kappa shape index (κ1) is 9.86.